The Kier molecular flexibility index (Phi) is 5.39. The molecule has 0 saturated heterocycles. The van der Waals surface area contributed by atoms with Gasteiger partial charge in [0.1, 0.15) is 17.3 Å². The molecular formula is C16H15ClN4O2. The number of aromatic nitrogens is 1. The fourth-order valence-electron chi connectivity index (χ4n) is 1.93. The molecule has 3 N–H and O–H groups in total. The number of ether oxygens (including phenoxy) is 1. The van der Waals surface area contributed by atoms with Gasteiger partial charge in [-0.15, -0.1) is 0 Å². The van der Waals surface area contributed by atoms with Crippen molar-refractivity contribution in [3.8, 4) is 11.9 Å². The molecule has 0 fully saturated rings. The molecule has 0 aliphatic heterocycles. The number of carbonyl (C=O) groups is 1. The van der Waals surface area contributed by atoms with Crippen molar-refractivity contribution in [3.63, 3.8) is 0 Å². The van der Waals surface area contributed by atoms with E-state index in [9.17, 15) is 4.79 Å². The molecule has 1 heterocycles. The fourth-order valence-corrected chi connectivity index (χ4v) is 2.14. The monoisotopic (exact) mass is 330 g/mol. The topological polar surface area (TPSA) is 101 Å². The van der Waals surface area contributed by atoms with E-state index in [2.05, 4.69) is 10.3 Å². The van der Waals surface area contributed by atoms with Gasteiger partial charge in [0.25, 0.3) is 5.91 Å². The molecule has 0 radical (unpaired) electrons. The SMILES string of the molecule is CCOc1nc(C(=O)NCc2cccc(Cl)c2)cc(N)c1C#N. The molecule has 1 aromatic heterocycles. The summed E-state index contributed by atoms with van der Waals surface area (Å²) in [6, 6.07) is 10.4. The van der Waals surface area contributed by atoms with Crippen LogP contribution in [0.15, 0.2) is 30.3 Å². The van der Waals surface area contributed by atoms with Crippen LogP contribution in [0.1, 0.15) is 28.5 Å². The minimum atomic E-state index is -0.415. The standard InChI is InChI=1S/C16H15ClN4O2/c1-2-23-16-12(8-18)13(19)7-14(21-16)15(22)20-9-10-4-3-5-11(17)6-10/h3-7H,2,9H2,1H3,(H2,19,21)(H,20,22). The van der Waals surface area contributed by atoms with Crippen molar-refractivity contribution in [2.24, 2.45) is 0 Å². The summed E-state index contributed by atoms with van der Waals surface area (Å²) in [4.78, 5) is 16.3. The normalized spacial score (nSPS) is 9.96. The van der Waals surface area contributed by atoms with Crippen molar-refractivity contribution in [1.29, 1.82) is 5.26 Å². The van der Waals surface area contributed by atoms with Gasteiger partial charge < -0.3 is 15.8 Å². The highest BCUT2D eigenvalue weighted by atomic mass is 35.5. The zero-order chi connectivity index (χ0) is 16.8. The van der Waals surface area contributed by atoms with Crippen molar-refractivity contribution in [2.45, 2.75) is 13.5 Å². The van der Waals surface area contributed by atoms with Crippen molar-refractivity contribution >= 4 is 23.2 Å². The Balaban J connectivity index is 2.17. The first-order valence-electron chi connectivity index (χ1n) is 6.91. The number of carbonyl (C=O) groups excluding carboxylic acids is 1. The summed E-state index contributed by atoms with van der Waals surface area (Å²) < 4.78 is 5.27. The van der Waals surface area contributed by atoms with Gasteiger partial charge >= 0.3 is 0 Å². The van der Waals surface area contributed by atoms with Crippen LogP contribution in [0.2, 0.25) is 5.02 Å². The summed E-state index contributed by atoms with van der Waals surface area (Å²) in [5.41, 5.74) is 7.01. The number of amides is 1. The van der Waals surface area contributed by atoms with E-state index in [4.69, 9.17) is 27.3 Å². The Morgan fingerprint density at radius 3 is 2.91 bits per heavy atom. The lowest BCUT2D eigenvalue weighted by Crippen LogP contribution is -2.24. The molecule has 0 bridgehead atoms. The second-order valence-corrected chi connectivity index (χ2v) is 5.07. The number of nitrogens with zero attached hydrogens (tertiary/aromatic N) is 2. The lowest BCUT2D eigenvalue weighted by Gasteiger charge is -2.10. The van der Waals surface area contributed by atoms with Gasteiger partial charge in [-0.1, -0.05) is 23.7 Å². The minimum Gasteiger partial charge on any atom is -0.477 e. The number of benzene rings is 1. The molecule has 2 aromatic rings. The van der Waals surface area contributed by atoms with E-state index in [1.54, 1.807) is 25.1 Å². The molecule has 0 unspecified atom stereocenters. The maximum absolute atomic E-state index is 12.2. The first-order chi connectivity index (χ1) is 11.0. The molecule has 0 aliphatic rings. The summed E-state index contributed by atoms with van der Waals surface area (Å²) in [7, 11) is 0. The average molecular weight is 331 g/mol. The van der Waals surface area contributed by atoms with Gasteiger partial charge in [0.05, 0.1) is 12.3 Å². The van der Waals surface area contributed by atoms with Crippen molar-refractivity contribution < 1.29 is 9.53 Å². The Hall–Kier alpha value is -2.78. The van der Waals surface area contributed by atoms with Crippen LogP contribution in [0.5, 0.6) is 5.88 Å². The number of rotatable bonds is 5. The van der Waals surface area contributed by atoms with E-state index in [0.29, 0.717) is 18.2 Å². The summed E-state index contributed by atoms with van der Waals surface area (Å²) in [5.74, 6) is -0.356. The van der Waals surface area contributed by atoms with Crippen molar-refractivity contribution in [1.82, 2.24) is 10.3 Å². The van der Waals surface area contributed by atoms with Crippen LogP contribution < -0.4 is 15.8 Å². The smallest absolute Gasteiger partial charge is 0.270 e. The molecule has 6 nitrogen and oxygen atoms in total. The molecular weight excluding hydrogens is 316 g/mol. The van der Waals surface area contributed by atoms with Gasteiger partial charge in [0, 0.05) is 11.6 Å². The fraction of sp³-hybridized carbons (Fsp3) is 0.188. The van der Waals surface area contributed by atoms with Crippen LogP contribution >= 0.6 is 11.6 Å². The Morgan fingerprint density at radius 1 is 1.48 bits per heavy atom. The first-order valence-corrected chi connectivity index (χ1v) is 7.29. The molecule has 118 valence electrons. The number of hydrogen-bond donors (Lipinski definition) is 2. The summed E-state index contributed by atoms with van der Waals surface area (Å²) in [6.45, 7) is 2.37. The predicted molar refractivity (Wildman–Crippen MR) is 87.2 cm³/mol. The molecule has 0 spiro atoms. The lowest BCUT2D eigenvalue weighted by molar-refractivity contribution is 0.0945. The average Bonchev–Trinajstić information content (AvgIpc) is 2.52. The highest BCUT2D eigenvalue weighted by Gasteiger charge is 2.16. The van der Waals surface area contributed by atoms with Crippen molar-refractivity contribution in [3.05, 3.63) is 52.2 Å². The van der Waals surface area contributed by atoms with Crippen LogP contribution in [-0.2, 0) is 6.54 Å². The van der Waals surface area contributed by atoms with Crippen LogP contribution in [0.3, 0.4) is 0 Å². The van der Waals surface area contributed by atoms with E-state index in [1.807, 2.05) is 12.1 Å². The summed E-state index contributed by atoms with van der Waals surface area (Å²) in [5, 5.41) is 12.4. The number of nitriles is 1. The predicted octanol–water partition coefficient (Wildman–Crippen LogP) is 2.52. The third-order valence-corrected chi connectivity index (χ3v) is 3.22. The number of nitrogens with one attached hydrogen (secondary N) is 1. The summed E-state index contributed by atoms with van der Waals surface area (Å²) in [6.07, 6.45) is 0. The van der Waals surface area contributed by atoms with Gasteiger partial charge in [-0.05, 0) is 30.7 Å². The van der Waals surface area contributed by atoms with E-state index in [0.717, 1.165) is 5.56 Å². The Bertz CT molecular complexity index is 771. The van der Waals surface area contributed by atoms with E-state index in [1.165, 1.54) is 6.07 Å². The lowest BCUT2D eigenvalue weighted by atomic mass is 10.2. The molecule has 23 heavy (non-hydrogen) atoms. The Morgan fingerprint density at radius 2 is 2.26 bits per heavy atom. The number of nitrogen functional groups attached to an aromatic ring is 1. The Labute approximate surface area is 138 Å². The van der Waals surface area contributed by atoms with Gasteiger partial charge in [-0.25, -0.2) is 4.98 Å². The third-order valence-electron chi connectivity index (χ3n) is 2.98. The molecule has 1 amide bonds. The number of pyridine rings is 1. The van der Waals surface area contributed by atoms with Gasteiger partial charge in [-0.2, -0.15) is 5.26 Å². The molecule has 2 rings (SSSR count). The second-order valence-electron chi connectivity index (χ2n) is 4.63. The largest absolute Gasteiger partial charge is 0.477 e. The van der Waals surface area contributed by atoms with Crippen LogP contribution in [0.25, 0.3) is 0 Å². The van der Waals surface area contributed by atoms with Gasteiger partial charge in [0.15, 0.2) is 0 Å². The number of hydrogen-bond acceptors (Lipinski definition) is 5. The van der Waals surface area contributed by atoms with E-state index in [-0.39, 0.29) is 22.8 Å². The van der Waals surface area contributed by atoms with Crippen LogP contribution in [0.4, 0.5) is 5.69 Å². The van der Waals surface area contributed by atoms with Gasteiger partial charge in [-0.3, -0.25) is 4.79 Å². The number of anilines is 1. The van der Waals surface area contributed by atoms with E-state index >= 15 is 0 Å². The second kappa shape index (κ2) is 7.47. The first kappa shape index (κ1) is 16.6. The van der Waals surface area contributed by atoms with Crippen molar-refractivity contribution in [2.75, 3.05) is 12.3 Å². The quantitative estimate of drug-likeness (QED) is 0.877. The van der Waals surface area contributed by atoms with E-state index < -0.39 is 5.91 Å². The zero-order valence-electron chi connectivity index (χ0n) is 12.5. The third kappa shape index (κ3) is 4.11. The number of nitrogens with two attached hydrogens (primary N) is 1. The molecule has 0 aliphatic carbocycles. The molecule has 0 atom stereocenters. The molecule has 0 saturated carbocycles. The summed E-state index contributed by atoms with van der Waals surface area (Å²) >= 11 is 5.90. The molecule has 1 aromatic carbocycles. The maximum atomic E-state index is 12.2. The highest BCUT2D eigenvalue weighted by molar-refractivity contribution is 6.30. The minimum absolute atomic E-state index is 0.0582. The number of halogens is 1. The zero-order valence-corrected chi connectivity index (χ0v) is 13.2. The van der Waals surface area contributed by atoms with Crippen LogP contribution in [-0.4, -0.2) is 17.5 Å². The highest BCUT2D eigenvalue weighted by Crippen LogP contribution is 2.22. The molecule has 7 heteroatoms. The van der Waals surface area contributed by atoms with Crippen LogP contribution in [0, 0.1) is 11.3 Å². The van der Waals surface area contributed by atoms with Gasteiger partial charge in [0.2, 0.25) is 5.88 Å². The maximum Gasteiger partial charge on any atom is 0.270 e.